The smallest absolute Gasteiger partial charge is 0.394 e. The minimum absolute atomic E-state index is 0.0674. The average Bonchev–Trinajstić information content (AvgIpc) is 2.47. The van der Waals surface area contributed by atoms with Gasteiger partial charge in [0.15, 0.2) is 0 Å². The first-order valence-corrected chi connectivity index (χ1v) is 7.42. The number of halogens is 3. The van der Waals surface area contributed by atoms with Gasteiger partial charge in [-0.05, 0) is 37.5 Å². The zero-order valence-corrected chi connectivity index (χ0v) is 12.2. The Balaban J connectivity index is 2.07. The van der Waals surface area contributed by atoms with E-state index in [1.807, 2.05) is 6.92 Å². The molecule has 0 aliphatic heterocycles. The fraction of sp³-hybridized carbons (Fsp3) is 0.625. The van der Waals surface area contributed by atoms with Crippen molar-refractivity contribution in [3.05, 3.63) is 35.4 Å². The van der Waals surface area contributed by atoms with Gasteiger partial charge in [-0.15, -0.1) is 0 Å². The average molecular weight is 301 g/mol. The van der Waals surface area contributed by atoms with Crippen LogP contribution in [0, 0.1) is 0 Å². The molecule has 0 aromatic heterocycles. The molecule has 21 heavy (non-hydrogen) atoms. The fourth-order valence-corrected chi connectivity index (χ4v) is 3.08. The van der Waals surface area contributed by atoms with Crippen LogP contribution in [0.2, 0.25) is 0 Å². The van der Waals surface area contributed by atoms with E-state index in [4.69, 9.17) is 0 Å². The van der Waals surface area contributed by atoms with E-state index >= 15 is 0 Å². The van der Waals surface area contributed by atoms with Crippen LogP contribution >= 0.6 is 0 Å². The van der Waals surface area contributed by atoms with Gasteiger partial charge in [-0.25, -0.2) is 0 Å². The molecule has 1 aromatic rings. The van der Waals surface area contributed by atoms with Crippen molar-refractivity contribution in [3.63, 3.8) is 0 Å². The Morgan fingerprint density at radius 3 is 2.19 bits per heavy atom. The molecule has 2 nitrogen and oxygen atoms in total. The third-order valence-electron chi connectivity index (χ3n) is 4.37. The van der Waals surface area contributed by atoms with Gasteiger partial charge in [0.1, 0.15) is 0 Å². The van der Waals surface area contributed by atoms with E-state index in [1.54, 1.807) is 0 Å². The van der Waals surface area contributed by atoms with Crippen LogP contribution in [-0.4, -0.2) is 17.3 Å². The highest BCUT2D eigenvalue weighted by atomic mass is 19.4. The molecule has 1 unspecified atom stereocenters. The molecule has 1 atom stereocenters. The molecule has 1 saturated carbocycles. The summed E-state index contributed by atoms with van der Waals surface area (Å²) in [5.41, 5.74) is -0.116. The number of hydrogen-bond acceptors (Lipinski definition) is 2. The highest BCUT2D eigenvalue weighted by molar-refractivity contribution is 5.26. The van der Waals surface area contributed by atoms with Crippen molar-refractivity contribution in [1.29, 1.82) is 0 Å². The largest absolute Gasteiger partial charge is 0.416 e. The van der Waals surface area contributed by atoms with E-state index < -0.39 is 11.7 Å². The Morgan fingerprint density at radius 1 is 1.14 bits per heavy atom. The molecular formula is C16H22F3NO. The third kappa shape index (κ3) is 3.98. The summed E-state index contributed by atoms with van der Waals surface area (Å²) in [6.45, 7) is 1.99. The Hall–Kier alpha value is -1.07. The minimum atomic E-state index is -4.30. The first-order valence-electron chi connectivity index (χ1n) is 7.42. The summed E-state index contributed by atoms with van der Waals surface area (Å²) in [6, 6.07) is 5.15. The normalized spacial score (nSPS) is 20.2. The molecule has 1 aliphatic rings. The molecule has 2 rings (SSSR count). The molecule has 0 amide bonds. The summed E-state index contributed by atoms with van der Waals surface area (Å²) in [5.74, 6) is 0. The van der Waals surface area contributed by atoms with E-state index in [9.17, 15) is 18.3 Å². The molecule has 118 valence electrons. The van der Waals surface area contributed by atoms with E-state index in [1.165, 1.54) is 18.6 Å². The van der Waals surface area contributed by atoms with Gasteiger partial charge < -0.3 is 10.4 Å². The zero-order chi connectivity index (χ0) is 15.5. The minimum Gasteiger partial charge on any atom is -0.394 e. The standard InChI is InChI=1S/C16H22F3NO/c1-12(20-15(11-21)9-3-2-4-10-15)13-5-7-14(8-6-13)16(17,18)19/h5-8,12,20-21H,2-4,9-11H2,1H3. The molecule has 1 fully saturated rings. The van der Waals surface area contributed by atoms with Gasteiger partial charge in [-0.1, -0.05) is 31.4 Å². The van der Waals surface area contributed by atoms with E-state index in [0.717, 1.165) is 43.4 Å². The number of aliphatic hydroxyl groups excluding tert-OH is 1. The van der Waals surface area contributed by atoms with Crippen LogP contribution in [0.15, 0.2) is 24.3 Å². The Morgan fingerprint density at radius 2 is 1.71 bits per heavy atom. The van der Waals surface area contributed by atoms with Crippen molar-refractivity contribution in [3.8, 4) is 0 Å². The summed E-state index contributed by atoms with van der Waals surface area (Å²) in [4.78, 5) is 0. The summed E-state index contributed by atoms with van der Waals surface area (Å²) in [5, 5.41) is 13.1. The van der Waals surface area contributed by atoms with Crippen LogP contribution in [0.4, 0.5) is 13.2 Å². The Kier molecular flexibility index (Phi) is 4.94. The Bertz CT molecular complexity index is 450. The molecule has 1 aliphatic carbocycles. The lowest BCUT2D eigenvalue weighted by molar-refractivity contribution is -0.137. The molecule has 1 aromatic carbocycles. The molecule has 0 radical (unpaired) electrons. The van der Waals surface area contributed by atoms with E-state index in [0.29, 0.717) is 0 Å². The molecule has 0 saturated heterocycles. The summed E-state index contributed by atoms with van der Waals surface area (Å²) >= 11 is 0. The predicted octanol–water partition coefficient (Wildman–Crippen LogP) is 4.05. The van der Waals surface area contributed by atoms with Crippen molar-refractivity contribution in [2.24, 2.45) is 0 Å². The van der Waals surface area contributed by atoms with Gasteiger partial charge in [-0.3, -0.25) is 0 Å². The summed E-state index contributed by atoms with van der Waals surface area (Å²) in [7, 11) is 0. The van der Waals surface area contributed by atoms with Crippen LogP contribution in [0.5, 0.6) is 0 Å². The van der Waals surface area contributed by atoms with Gasteiger partial charge in [-0.2, -0.15) is 13.2 Å². The van der Waals surface area contributed by atoms with Crippen LogP contribution in [0.25, 0.3) is 0 Å². The molecule has 5 heteroatoms. The van der Waals surface area contributed by atoms with Crippen molar-refractivity contribution >= 4 is 0 Å². The molecule has 0 heterocycles. The van der Waals surface area contributed by atoms with Gasteiger partial charge >= 0.3 is 6.18 Å². The topological polar surface area (TPSA) is 32.3 Å². The SMILES string of the molecule is CC(NC1(CO)CCCCC1)c1ccc(C(F)(F)F)cc1. The lowest BCUT2D eigenvalue weighted by Gasteiger charge is -2.39. The second-order valence-electron chi connectivity index (χ2n) is 5.98. The maximum Gasteiger partial charge on any atom is 0.416 e. The van der Waals surface area contributed by atoms with E-state index in [2.05, 4.69) is 5.32 Å². The number of hydrogen-bond donors (Lipinski definition) is 2. The highest BCUT2D eigenvalue weighted by Crippen LogP contribution is 2.32. The predicted molar refractivity (Wildman–Crippen MR) is 75.9 cm³/mol. The zero-order valence-electron chi connectivity index (χ0n) is 12.2. The van der Waals surface area contributed by atoms with Crippen molar-refractivity contribution in [1.82, 2.24) is 5.32 Å². The first kappa shape index (κ1) is 16.3. The fourth-order valence-electron chi connectivity index (χ4n) is 3.08. The molecular weight excluding hydrogens is 279 g/mol. The van der Waals surface area contributed by atoms with Crippen LogP contribution in [-0.2, 0) is 6.18 Å². The van der Waals surface area contributed by atoms with E-state index in [-0.39, 0.29) is 18.2 Å². The van der Waals surface area contributed by atoms with Gasteiger partial charge in [0, 0.05) is 11.6 Å². The highest BCUT2D eigenvalue weighted by Gasteiger charge is 2.33. The third-order valence-corrected chi connectivity index (χ3v) is 4.37. The maximum absolute atomic E-state index is 12.6. The van der Waals surface area contributed by atoms with Crippen LogP contribution in [0.3, 0.4) is 0 Å². The number of alkyl halides is 3. The van der Waals surface area contributed by atoms with Gasteiger partial charge in [0.2, 0.25) is 0 Å². The second kappa shape index (κ2) is 6.36. The quantitative estimate of drug-likeness (QED) is 0.879. The number of rotatable bonds is 4. The first-order chi connectivity index (χ1) is 9.86. The number of benzene rings is 1. The molecule has 2 N–H and O–H groups in total. The van der Waals surface area contributed by atoms with Crippen molar-refractivity contribution < 1.29 is 18.3 Å². The number of aliphatic hydroxyl groups is 1. The summed E-state index contributed by atoms with van der Waals surface area (Å²) in [6.07, 6.45) is 0.854. The van der Waals surface area contributed by atoms with Gasteiger partial charge in [0.25, 0.3) is 0 Å². The van der Waals surface area contributed by atoms with Crippen LogP contribution < -0.4 is 5.32 Å². The van der Waals surface area contributed by atoms with Crippen molar-refractivity contribution in [2.45, 2.75) is 56.8 Å². The summed E-state index contributed by atoms with van der Waals surface area (Å²) < 4.78 is 37.7. The lowest BCUT2D eigenvalue weighted by atomic mass is 9.81. The number of nitrogens with one attached hydrogen (secondary N) is 1. The maximum atomic E-state index is 12.6. The van der Waals surface area contributed by atoms with Gasteiger partial charge in [0.05, 0.1) is 12.2 Å². The Labute approximate surface area is 123 Å². The van der Waals surface area contributed by atoms with Crippen molar-refractivity contribution in [2.75, 3.05) is 6.61 Å². The van der Waals surface area contributed by atoms with Crippen LogP contribution in [0.1, 0.15) is 56.2 Å². The lowest BCUT2D eigenvalue weighted by Crippen LogP contribution is -2.50. The molecule has 0 bridgehead atoms. The monoisotopic (exact) mass is 301 g/mol. The molecule has 0 spiro atoms. The second-order valence-corrected chi connectivity index (χ2v) is 5.98.